The smallest absolute Gasteiger partial charge is 0.0702 e. The molecule has 2 unspecified atom stereocenters. The third kappa shape index (κ3) is 4.57. The minimum atomic E-state index is 0.498. The van der Waals surface area contributed by atoms with Crippen LogP contribution in [0.2, 0.25) is 0 Å². The van der Waals surface area contributed by atoms with E-state index < -0.39 is 0 Å². The Morgan fingerprint density at radius 1 is 1.29 bits per heavy atom. The second-order valence-corrected chi connectivity index (χ2v) is 5.46. The van der Waals surface area contributed by atoms with E-state index >= 15 is 0 Å². The van der Waals surface area contributed by atoms with E-state index in [4.69, 9.17) is 4.74 Å². The highest BCUT2D eigenvalue weighted by molar-refractivity contribution is 4.76. The third-order valence-corrected chi connectivity index (χ3v) is 4.05. The van der Waals surface area contributed by atoms with Crippen LogP contribution < -0.4 is 5.32 Å². The molecule has 3 heteroatoms. The molecule has 0 amide bonds. The molecule has 0 aromatic rings. The van der Waals surface area contributed by atoms with E-state index in [2.05, 4.69) is 17.1 Å². The van der Waals surface area contributed by atoms with Crippen LogP contribution in [0.3, 0.4) is 0 Å². The largest absolute Gasteiger partial charge is 0.377 e. The number of hydrogen-bond acceptors (Lipinski definition) is 3. The van der Waals surface area contributed by atoms with E-state index in [0.717, 1.165) is 19.2 Å². The van der Waals surface area contributed by atoms with Crippen molar-refractivity contribution in [2.24, 2.45) is 0 Å². The van der Waals surface area contributed by atoms with Crippen LogP contribution >= 0.6 is 0 Å². The van der Waals surface area contributed by atoms with Gasteiger partial charge in [0.15, 0.2) is 0 Å². The number of nitrogens with one attached hydrogen (secondary N) is 1. The normalized spacial score (nSPS) is 30.9. The summed E-state index contributed by atoms with van der Waals surface area (Å²) in [4.78, 5) is 2.60. The van der Waals surface area contributed by atoms with E-state index in [9.17, 15) is 0 Å². The Morgan fingerprint density at radius 3 is 3.00 bits per heavy atom. The Hall–Kier alpha value is -0.120. The molecule has 17 heavy (non-hydrogen) atoms. The Balaban J connectivity index is 1.58. The molecule has 2 aliphatic rings. The maximum Gasteiger partial charge on any atom is 0.0702 e. The van der Waals surface area contributed by atoms with Crippen molar-refractivity contribution in [3.8, 4) is 0 Å². The molecule has 0 aliphatic carbocycles. The zero-order valence-corrected chi connectivity index (χ0v) is 11.3. The molecule has 2 rings (SSSR count). The molecule has 2 fully saturated rings. The molecule has 0 radical (unpaired) electrons. The summed E-state index contributed by atoms with van der Waals surface area (Å²) in [6.45, 7) is 7.91. The fourth-order valence-corrected chi connectivity index (χ4v) is 3.15. The topological polar surface area (TPSA) is 24.5 Å². The summed E-state index contributed by atoms with van der Waals surface area (Å²) in [6.07, 6.45) is 8.54. The lowest BCUT2D eigenvalue weighted by molar-refractivity contribution is 0.00549. The third-order valence-electron chi connectivity index (χ3n) is 4.05. The number of nitrogens with zero attached hydrogens (tertiary/aromatic N) is 1. The molecule has 0 saturated carbocycles. The van der Waals surface area contributed by atoms with Gasteiger partial charge in [0.05, 0.1) is 6.10 Å². The van der Waals surface area contributed by atoms with Crippen molar-refractivity contribution in [3.05, 3.63) is 0 Å². The first kappa shape index (κ1) is 13.3. The Morgan fingerprint density at radius 2 is 2.24 bits per heavy atom. The molecule has 100 valence electrons. The van der Waals surface area contributed by atoms with Crippen LogP contribution in [0.25, 0.3) is 0 Å². The van der Waals surface area contributed by atoms with Gasteiger partial charge in [-0.05, 0) is 65.1 Å². The van der Waals surface area contributed by atoms with Crippen LogP contribution in [0.5, 0.6) is 0 Å². The first-order valence-corrected chi connectivity index (χ1v) is 7.46. The minimum absolute atomic E-state index is 0.498. The molecule has 1 N–H and O–H groups in total. The fraction of sp³-hybridized carbons (Fsp3) is 1.00. The molecule has 0 spiro atoms. The van der Waals surface area contributed by atoms with E-state index in [0.29, 0.717) is 6.10 Å². The molecule has 2 heterocycles. The van der Waals surface area contributed by atoms with Crippen molar-refractivity contribution in [3.63, 3.8) is 0 Å². The first-order valence-electron chi connectivity index (χ1n) is 7.46. The van der Waals surface area contributed by atoms with Crippen LogP contribution in [0, 0.1) is 0 Å². The number of likely N-dealkylation sites (tertiary alicyclic amines) is 1. The molecular formula is C14H28N2O. The molecular weight excluding hydrogens is 212 g/mol. The molecule has 0 bridgehead atoms. The van der Waals surface area contributed by atoms with Crippen molar-refractivity contribution in [1.29, 1.82) is 0 Å². The van der Waals surface area contributed by atoms with Gasteiger partial charge in [0.1, 0.15) is 0 Å². The lowest BCUT2D eigenvalue weighted by atomic mass is 10.1. The van der Waals surface area contributed by atoms with Gasteiger partial charge in [0, 0.05) is 19.2 Å². The first-order chi connectivity index (χ1) is 8.38. The van der Waals surface area contributed by atoms with Gasteiger partial charge in [-0.25, -0.2) is 0 Å². The fourth-order valence-electron chi connectivity index (χ4n) is 3.15. The van der Waals surface area contributed by atoms with E-state index in [1.165, 1.54) is 58.2 Å². The van der Waals surface area contributed by atoms with E-state index in [1.807, 2.05) is 0 Å². The Bertz CT molecular complexity index is 202. The van der Waals surface area contributed by atoms with Gasteiger partial charge in [-0.15, -0.1) is 0 Å². The van der Waals surface area contributed by atoms with Gasteiger partial charge in [-0.1, -0.05) is 0 Å². The van der Waals surface area contributed by atoms with Crippen LogP contribution in [0.4, 0.5) is 0 Å². The minimum Gasteiger partial charge on any atom is -0.377 e. The van der Waals surface area contributed by atoms with Gasteiger partial charge < -0.3 is 15.0 Å². The maximum atomic E-state index is 5.74. The Kier molecular flexibility index (Phi) is 5.75. The quantitative estimate of drug-likeness (QED) is 0.769. The highest BCUT2D eigenvalue weighted by Gasteiger charge is 2.20. The van der Waals surface area contributed by atoms with Crippen LogP contribution in [-0.2, 0) is 4.74 Å². The summed E-state index contributed by atoms with van der Waals surface area (Å²) < 4.78 is 5.74. The summed E-state index contributed by atoms with van der Waals surface area (Å²) in [5.74, 6) is 0. The van der Waals surface area contributed by atoms with Crippen LogP contribution in [0.15, 0.2) is 0 Å². The Labute approximate surface area is 106 Å². The summed E-state index contributed by atoms with van der Waals surface area (Å²) in [7, 11) is 0. The summed E-state index contributed by atoms with van der Waals surface area (Å²) in [5.41, 5.74) is 0. The molecule has 2 atom stereocenters. The highest BCUT2D eigenvalue weighted by Crippen LogP contribution is 2.15. The van der Waals surface area contributed by atoms with Crippen molar-refractivity contribution >= 4 is 0 Å². The maximum absolute atomic E-state index is 5.74. The molecule has 2 saturated heterocycles. The summed E-state index contributed by atoms with van der Waals surface area (Å²) in [5, 5.41) is 3.58. The van der Waals surface area contributed by atoms with E-state index in [1.54, 1.807) is 0 Å². The lowest BCUT2D eigenvalue weighted by Gasteiger charge is -2.32. The van der Waals surface area contributed by atoms with Crippen molar-refractivity contribution in [1.82, 2.24) is 10.2 Å². The molecule has 0 aromatic carbocycles. The number of rotatable bonds is 6. The van der Waals surface area contributed by atoms with Gasteiger partial charge >= 0.3 is 0 Å². The predicted molar refractivity (Wildman–Crippen MR) is 71.3 cm³/mol. The SMILES string of the molecule is CCOC1CCCN(CCCC2CCCN2)C1. The average molecular weight is 240 g/mol. The van der Waals surface area contributed by atoms with Crippen molar-refractivity contribution in [2.75, 3.05) is 32.8 Å². The predicted octanol–water partition coefficient (Wildman–Crippen LogP) is 2.02. The molecule has 3 nitrogen and oxygen atoms in total. The molecule has 2 aliphatic heterocycles. The average Bonchev–Trinajstić information content (AvgIpc) is 2.83. The second-order valence-electron chi connectivity index (χ2n) is 5.46. The van der Waals surface area contributed by atoms with Crippen LogP contribution in [-0.4, -0.2) is 49.8 Å². The lowest BCUT2D eigenvalue weighted by Crippen LogP contribution is -2.40. The summed E-state index contributed by atoms with van der Waals surface area (Å²) >= 11 is 0. The second kappa shape index (κ2) is 7.34. The summed E-state index contributed by atoms with van der Waals surface area (Å²) in [6, 6.07) is 0.808. The van der Waals surface area contributed by atoms with E-state index in [-0.39, 0.29) is 0 Å². The van der Waals surface area contributed by atoms with Gasteiger partial charge in [-0.2, -0.15) is 0 Å². The van der Waals surface area contributed by atoms with Crippen molar-refractivity contribution in [2.45, 2.75) is 57.6 Å². The number of piperidine rings is 1. The zero-order chi connectivity index (χ0) is 11.9. The highest BCUT2D eigenvalue weighted by atomic mass is 16.5. The van der Waals surface area contributed by atoms with Gasteiger partial charge in [0.25, 0.3) is 0 Å². The standard InChI is InChI=1S/C14H28N2O/c1-2-17-14-8-5-11-16(12-14)10-4-7-13-6-3-9-15-13/h13-15H,2-12H2,1H3. The van der Waals surface area contributed by atoms with Crippen LogP contribution in [0.1, 0.15) is 45.4 Å². The molecule has 0 aromatic heterocycles. The monoisotopic (exact) mass is 240 g/mol. The zero-order valence-electron chi connectivity index (χ0n) is 11.3. The number of ether oxygens (including phenoxy) is 1. The van der Waals surface area contributed by atoms with Crippen molar-refractivity contribution < 1.29 is 4.74 Å². The van der Waals surface area contributed by atoms with Gasteiger partial charge in [0.2, 0.25) is 0 Å². The number of hydrogen-bond donors (Lipinski definition) is 1. The van der Waals surface area contributed by atoms with Gasteiger partial charge in [-0.3, -0.25) is 0 Å².